The molecule has 1 aromatic rings. The van der Waals surface area contributed by atoms with Crippen molar-refractivity contribution in [2.75, 3.05) is 12.9 Å². The van der Waals surface area contributed by atoms with Gasteiger partial charge in [-0.3, -0.25) is 0 Å². The van der Waals surface area contributed by atoms with Crippen LogP contribution in [-0.2, 0) is 27.9 Å². The minimum Gasteiger partial charge on any atom is -0.380 e. The summed E-state index contributed by atoms with van der Waals surface area (Å²) >= 11 is 0. The summed E-state index contributed by atoms with van der Waals surface area (Å²) in [6.45, 7) is 2.48. The van der Waals surface area contributed by atoms with Crippen LogP contribution in [0.4, 0.5) is 0 Å². The fraction of sp³-hybridized carbons (Fsp3) is 0.455. The average molecular weight is 243 g/mol. The highest BCUT2D eigenvalue weighted by molar-refractivity contribution is 7.89. The van der Waals surface area contributed by atoms with Crippen molar-refractivity contribution in [1.29, 1.82) is 0 Å². The van der Waals surface area contributed by atoms with E-state index in [-0.39, 0.29) is 5.75 Å². The normalized spacial score (nSPS) is 11.6. The molecule has 1 aromatic carbocycles. The first-order chi connectivity index (χ1) is 7.57. The van der Waals surface area contributed by atoms with Crippen LogP contribution in [0.15, 0.2) is 24.3 Å². The Hall–Kier alpha value is -0.910. The standard InChI is InChI=1S/C11H17NO3S/c1-3-16(13,14)12-8-10-5-4-6-11(7-10)9-15-2/h4-7,12H,3,8-9H2,1-2H3. The van der Waals surface area contributed by atoms with E-state index in [0.717, 1.165) is 11.1 Å². The molecule has 1 N–H and O–H groups in total. The second-order valence-electron chi connectivity index (χ2n) is 3.48. The van der Waals surface area contributed by atoms with E-state index in [1.165, 1.54) is 0 Å². The lowest BCUT2D eigenvalue weighted by atomic mass is 10.1. The van der Waals surface area contributed by atoms with Crippen molar-refractivity contribution in [1.82, 2.24) is 4.72 Å². The zero-order valence-electron chi connectivity index (χ0n) is 9.56. The first kappa shape index (κ1) is 13.2. The first-order valence-corrected chi connectivity index (χ1v) is 6.76. The molecule has 5 heteroatoms. The van der Waals surface area contributed by atoms with E-state index >= 15 is 0 Å². The highest BCUT2D eigenvalue weighted by Crippen LogP contribution is 2.06. The maximum absolute atomic E-state index is 11.2. The van der Waals surface area contributed by atoms with Crippen LogP contribution in [0.5, 0.6) is 0 Å². The minimum atomic E-state index is -3.12. The predicted molar refractivity (Wildman–Crippen MR) is 63.5 cm³/mol. The molecule has 0 heterocycles. The molecule has 0 unspecified atom stereocenters. The number of hydrogen-bond donors (Lipinski definition) is 1. The molecule has 90 valence electrons. The highest BCUT2D eigenvalue weighted by atomic mass is 32.2. The monoisotopic (exact) mass is 243 g/mol. The molecule has 0 bridgehead atoms. The highest BCUT2D eigenvalue weighted by Gasteiger charge is 2.05. The van der Waals surface area contributed by atoms with Crippen molar-refractivity contribution in [3.63, 3.8) is 0 Å². The molecule has 0 saturated carbocycles. The van der Waals surface area contributed by atoms with Crippen LogP contribution < -0.4 is 4.72 Å². The third-order valence-electron chi connectivity index (χ3n) is 2.18. The van der Waals surface area contributed by atoms with Crippen LogP contribution in [0.25, 0.3) is 0 Å². The molecule has 0 saturated heterocycles. The molecule has 0 aliphatic carbocycles. The van der Waals surface area contributed by atoms with E-state index in [4.69, 9.17) is 4.74 Å². The maximum Gasteiger partial charge on any atom is 0.211 e. The Bertz CT molecular complexity index is 429. The SMILES string of the molecule is CCS(=O)(=O)NCc1cccc(COC)c1. The van der Waals surface area contributed by atoms with Crippen molar-refractivity contribution in [2.45, 2.75) is 20.1 Å². The quantitative estimate of drug-likeness (QED) is 0.818. The Morgan fingerprint density at radius 2 is 2.00 bits per heavy atom. The van der Waals surface area contributed by atoms with Gasteiger partial charge in [-0.15, -0.1) is 0 Å². The second-order valence-corrected chi connectivity index (χ2v) is 5.57. The van der Waals surface area contributed by atoms with E-state index < -0.39 is 10.0 Å². The molecular formula is C11H17NO3S. The molecule has 1 rings (SSSR count). The predicted octanol–water partition coefficient (Wildman–Crippen LogP) is 1.27. The van der Waals surface area contributed by atoms with Gasteiger partial charge in [-0.05, 0) is 18.1 Å². The average Bonchev–Trinajstić information content (AvgIpc) is 2.28. The van der Waals surface area contributed by atoms with Gasteiger partial charge < -0.3 is 4.74 Å². The van der Waals surface area contributed by atoms with Crippen molar-refractivity contribution in [3.05, 3.63) is 35.4 Å². The smallest absolute Gasteiger partial charge is 0.211 e. The Kier molecular flexibility index (Phi) is 4.92. The largest absolute Gasteiger partial charge is 0.380 e. The Labute approximate surface area is 96.7 Å². The Morgan fingerprint density at radius 3 is 2.62 bits per heavy atom. The van der Waals surface area contributed by atoms with Gasteiger partial charge in [0.2, 0.25) is 10.0 Å². The van der Waals surface area contributed by atoms with E-state index in [2.05, 4.69) is 4.72 Å². The molecule has 0 atom stereocenters. The molecular weight excluding hydrogens is 226 g/mol. The van der Waals surface area contributed by atoms with Crippen LogP contribution in [0.3, 0.4) is 0 Å². The zero-order valence-corrected chi connectivity index (χ0v) is 10.4. The van der Waals surface area contributed by atoms with Crippen molar-refractivity contribution >= 4 is 10.0 Å². The van der Waals surface area contributed by atoms with E-state index in [0.29, 0.717) is 13.2 Å². The number of ether oxygens (including phenoxy) is 1. The summed E-state index contributed by atoms with van der Waals surface area (Å²) in [5, 5.41) is 0. The number of methoxy groups -OCH3 is 1. The van der Waals surface area contributed by atoms with Crippen LogP contribution >= 0.6 is 0 Å². The summed E-state index contributed by atoms with van der Waals surface area (Å²) < 4.78 is 30.0. The second kappa shape index (κ2) is 5.98. The van der Waals surface area contributed by atoms with Crippen molar-refractivity contribution in [3.8, 4) is 0 Å². The van der Waals surface area contributed by atoms with Gasteiger partial charge in [0.25, 0.3) is 0 Å². The Morgan fingerprint density at radius 1 is 1.31 bits per heavy atom. The van der Waals surface area contributed by atoms with Crippen LogP contribution in [0.2, 0.25) is 0 Å². The van der Waals surface area contributed by atoms with Gasteiger partial charge in [0, 0.05) is 13.7 Å². The zero-order chi connectivity index (χ0) is 12.0. The van der Waals surface area contributed by atoms with E-state index in [9.17, 15) is 8.42 Å². The summed E-state index contributed by atoms with van der Waals surface area (Å²) in [7, 11) is -1.49. The molecule has 0 aliphatic heterocycles. The number of nitrogens with one attached hydrogen (secondary N) is 1. The summed E-state index contributed by atoms with van der Waals surface area (Å²) in [5.74, 6) is 0.102. The molecule has 0 radical (unpaired) electrons. The lowest BCUT2D eigenvalue weighted by molar-refractivity contribution is 0.185. The van der Waals surface area contributed by atoms with Gasteiger partial charge >= 0.3 is 0 Å². The summed E-state index contributed by atoms with van der Waals surface area (Å²) in [4.78, 5) is 0. The van der Waals surface area contributed by atoms with Gasteiger partial charge in [-0.25, -0.2) is 13.1 Å². The molecule has 4 nitrogen and oxygen atoms in total. The lowest BCUT2D eigenvalue weighted by Crippen LogP contribution is -2.24. The van der Waals surface area contributed by atoms with Gasteiger partial charge in [-0.1, -0.05) is 24.3 Å². The number of sulfonamides is 1. The molecule has 0 aliphatic rings. The third kappa shape index (κ3) is 4.30. The van der Waals surface area contributed by atoms with Crippen LogP contribution in [0.1, 0.15) is 18.1 Å². The van der Waals surface area contributed by atoms with Gasteiger partial charge in [-0.2, -0.15) is 0 Å². The molecule has 0 aromatic heterocycles. The summed E-state index contributed by atoms with van der Waals surface area (Å²) in [5.41, 5.74) is 1.97. The topological polar surface area (TPSA) is 55.4 Å². The number of benzene rings is 1. The lowest BCUT2D eigenvalue weighted by Gasteiger charge is -2.06. The first-order valence-electron chi connectivity index (χ1n) is 5.11. The number of hydrogen-bond acceptors (Lipinski definition) is 3. The van der Waals surface area contributed by atoms with E-state index in [1.807, 2.05) is 24.3 Å². The van der Waals surface area contributed by atoms with E-state index in [1.54, 1.807) is 14.0 Å². The minimum absolute atomic E-state index is 0.102. The Balaban J connectivity index is 2.64. The summed E-state index contributed by atoms with van der Waals surface area (Å²) in [6.07, 6.45) is 0. The number of rotatable bonds is 6. The summed E-state index contributed by atoms with van der Waals surface area (Å²) in [6, 6.07) is 7.66. The van der Waals surface area contributed by atoms with Crippen LogP contribution in [-0.4, -0.2) is 21.3 Å². The van der Waals surface area contributed by atoms with Crippen molar-refractivity contribution < 1.29 is 13.2 Å². The molecule has 0 spiro atoms. The molecule has 0 fully saturated rings. The fourth-order valence-corrected chi connectivity index (χ4v) is 1.88. The van der Waals surface area contributed by atoms with Gasteiger partial charge in [0.05, 0.1) is 12.4 Å². The van der Waals surface area contributed by atoms with Crippen molar-refractivity contribution in [2.24, 2.45) is 0 Å². The fourth-order valence-electron chi connectivity index (χ4n) is 1.29. The van der Waals surface area contributed by atoms with Crippen LogP contribution in [0, 0.1) is 0 Å². The molecule has 0 amide bonds. The maximum atomic E-state index is 11.2. The molecule has 16 heavy (non-hydrogen) atoms. The van der Waals surface area contributed by atoms with Gasteiger partial charge in [0.1, 0.15) is 0 Å². The van der Waals surface area contributed by atoms with Gasteiger partial charge in [0.15, 0.2) is 0 Å². The third-order valence-corrected chi connectivity index (χ3v) is 3.52.